The molecule has 0 atom stereocenters. The predicted octanol–water partition coefficient (Wildman–Crippen LogP) is 1.62. The number of aryl methyl sites for hydroxylation is 1. The molecule has 0 amide bonds. The van der Waals surface area contributed by atoms with Gasteiger partial charge in [0, 0.05) is 31.4 Å². The normalized spacial score (nSPS) is 18.0. The first-order valence-electron chi connectivity index (χ1n) is 5.78. The molecule has 0 unspecified atom stereocenters. The first-order chi connectivity index (χ1) is 7.29. The minimum absolute atomic E-state index is 0.558. The Balaban J connectivity index is 2.02. The van der Waals surface area contributed by atoms with Crippen LogP contribution < -0.4 is 11.1 Å². The summed E-state index contributed by atoms with van der Waals surface area (Å²) in [6.07, 6.45) is 8.57. The van der Waals surface area contributed by atoms with Crippen LogP contribution in [0.25, 0.3) is 0 Å². The molecule has 84 valence electrons. The van der Waals surface area contributed by atoms with Crippen LogP contribution in [-0.2, 0) is 13.6 Å². The van der Waals surface area contributed by atoms with Gasteiger partial charge in [0.05, 0.1) is 0 Å². The van der Waals surface area contributed by atoms with Crippen LogP contribution in [0.3, 0.4) is 0 Å². The number of nitrogens with two attached hydrogens (primary N) is 1. The van der Waals surface area contributed by atoms with Crippen LogP contribution >= 0.6 is 0 Å². The third-order valence-electron chi connectivity index (χ3n) is 3.07. The van der Waals surface area contributed by atoms with Crippen molar-refractivity contribution in [3.05, 3.63) is 11.8 Å². The summed E-state index contributed by atoms with van der Waals surface area (Å²) in [4.78, 5) is 0. The molecule has 15 heavy (non-hydrogen) atoms. The average molecular weight is 208 g/mol. The molecule has 0 aliphatic heterocycles. The van der Waals surface area contributed by atoms with E-state index in [2.05, 4.69) is 10.4 Å². The number of nitrogens with zero attached hydrogens (tertiary/aromatic N) is 2. The number of aromatic nitrogens is 2. The number of rotatable bonds is 3. The molecule has 4 nitrogen and oxygen atoms in total. The van der Waals surface area contributed by atoms with Crippen molar-refractivity contribution in [1.82, 2.24) is 9.78 Å². The van der Waals surface area contributed by atoms with E-state index in [1.165, 1.54) is 32.1 Å². The Morgan fingerprint density at radius 2 is 2.20 bits per heavy atom. The van der Waals surface area contributed by atoms with Crippen molar-refractivity contribution in [2.75, 3.05) is 5.32 Å². The molecule has 1 saturated carbocycles. The zero-order valence-electron chi connectivity index (χ0n) is 9.37. The lowest BCUT2D eigenvalue weighted by Crippen LogP contribution is -2.23. The summed E-state index contributed by atoms with van der Waals surface area (Å²) in [5.41, 5.74) is 6.79. The molecular formula is C11H20N4. The Morgan fingerprint density at radius 1 is 1.47 bits per heavy atom. The predicted molar refractivity (Wildman–Crippen MR) is 61.6 cm³/mol. The van der Waals surface area contributed by atoms with Crippen LogP contribution in [0.1, 0.15) is 37.7 Å². The zero-order chi connectivity index (χ0) is 10.7. The number of hydrogen-bond acceptors (Lipinski definition) is 3. The molecule has 0 saturated heterocycles. The van der Waals surface area contributed by atoms with Crippen LogP contribution in [0.4, 0.5) is 5.82 Å². The van der Waals surface area contributed by atoms with Gasteiger partial charge in [0.2, 0.25) is 0 Å². The van der Waals surface area contributed by atoms with E-state index >= 15 is 0 Å². The lowest BCUT2D eigenvalue weighted by atomic mass is 9.95. The smallest absolute Gasteiger partial charge is 0.152 e. The Kier molecular flexibility index (Phi) is 3.26. The molecule has 1 aliphatic rings. The summed E-state index contributed by atoms with van der Waals surface area (Å²) in [6.45, 7) is 0.558. The fourth-order valence-electron chi connectivity index (χ4n) is 2.25. The van der Waals surface area contributed by atoms with Crippen molar-refractivity contribution in [3.63, 3.8) is 0 Å². The van der Waals surface area contributed by atoms with Gasteiger partial charge in [-0.2, -0.15) is 5.10 Å². The lowest BCUT2D eigenvalue weighted by Gasteiger charge is -2.23. The molecule has 0 aromatic carbocycles. The van der Waals surface area contributed by atoms with Gasteiger partial charge in [-0.3, -0.25) is 4.68 Å². The fourth-order valence-corrected chi connectivity index (χ4v) is 2.25. The average Bonchev–Trinajstić information content (AvgIpc) is 2.60. The summed E-state index contributed by atoms with van der Waals surface area (Å²) >= 11 is 0. The monoisotopic (exact) mass is 208 g/mol. The largest absolute Gasteiger partial charge is 0.366 e. The standard InChI is InChI=1S/C11H20N4/c1-15-8-9(7-12)11(14-15)13-10-5-3-2-4-6-10/h8,10H,2-7,12H2,1H3,(H,13,14). The fraction of sp³-hybridized carbons (Fsp3) is 0.727. The zero-order valence-corrected chi connectivity index (χ0v) is 9.37. The van der Waals surface area contributed by atoms with Crippen LogP contribution in [-0.4, -0.2) is 15.8 Å². The van der Waals surface area contributed by atoms with E-state index in [1.807, 2.05) is 17.9 Å². The van der Waals surface area contributed by atoms with E-state index in [0.29, 0.717) is 12.6 Å². The molecule has 0 radical (unpaired) electrons. The van der Waals surface area contributed by atoms with Crippen molar-refractivity contribution in [3.8, 4) is 0 Å². The molecule has 1 aliphatic carbocycles. The minimum Gasteiger partial charge on any atom is -0.366 e. The highest BCUT2D eigenvalue weighted by Crippen LogP contribution is 2.22. The SMILES string of the molecule is Cn1cc(CN)c(NC2CCCCC2)n1. The molecule has 3 N–H and O–H groups in total. The molecule has 1 heterocycles. The molecule has 1 fully saturated rings. The lowest BCUT2D eigenvalue weighted by molar-refractivity contribution is 0.461. The van der Waals surface area contributed by atoms with Crippen molar-refractivity contribution < 1.29 is 0 Å². The Morgan fingerprint density at radius 3 is 2.87 bits per heavy atom. The van der Waals surface area contributed by atoms with Gasteiger partial charge >= 0.3 is 0 Å². The summed E-state index contributed by atoms with van der Waals surface area (Å²) in [7, 11) is 1.94. The molecule has 1 aromatic rings. The van der Waals surface area contributed by atoms with Crippen LogP contribution in [0, 0.1) is 0 Å². The van der Waals surface area contributed by atoms with Crippen LogP contribution in [0.15, 0.2) is 6.20 Å². The second-order valence-electron chi connectivity index (χ2n) is 4.36. The van der Waals surface area contributed by atoms with E-state index in [9.17, 15) is 0 Å². The van der Waals surface area contributed by atoms with Gasteiger partial charge in [-0.15, -0.1) is 0 Å². The topological polar surface area (TPSA) is 55.9 Å². The van der Waals surface area contributed by atoms with Gasteiger partial charge in [-0.25, -0.2) is 0 Å². The number of nitrogens with one attached hydrogen (secondary N) is 1. The highest BCUT2D eigenvalue weighted by Gasteiger charge is 2.15. The number of anilines is 1. The minimum atomic E-state index is 0.558. The summed E-state index contributed by atoms with van der Waals surface area (Å²) in [5, 5.41) is 7.91. The van der Waals surface area contributed by atoms with Crippen LogP contribution in [0.2, 0.25) is 0 Å². The third-order valence-corrected chi connectivity index (χ3v) is 3.07. The van der Waals surface area contributed by atoms with E-state index in [-0.39, 0.29) is 0 Å². The Labute approximate surface area is 90.8 Å². The third kappa shape index (κ3) is 2.50. The first kappa shape index (κ1) is 10.5. The summed E-state index contributed by atoms with van der Waals surface area (Å²) < 4.78 is 1.83. The molecule has 0 bridgehead atoms. The van der Waals surface area contributed by atoms with Crippen molar-refractivity contribution in [2.45, 2.75) is 44.7 Å². The highest BCUT2D eigenvalue weighted by molar-refractivity contribution is 5.43. The van der Waals surface area contributed by atoms with Crippen molar-refractivity contribution >= 4 is 5.82 Å². The van der Waals surface area contributed by atoms with E-state index < -0.39 is 0 Å². The maximum Gasteiger partial charge on any atom is 0.152 e. The van der Waals surface area contributed by atoms with Gasteiger partial charge in [-0.05, 0) is 12.8 Å². The second-order valence-corrected chi connectivity index (χ2v) is 4.36. The number of hydrogen-bond donors (Lipinski definition) is 2. The van der Waals surface area contributed by atoms with Crippen molar-refractivity contribution in [1.29, 1.82) is 0 Å². The molecule has 4 heteroatoms. The molecular weight excluding hydrogens is 188 g/mol. The second kappa shape index (κ2) is 4.66. The summed E-state index contributed by atoms with van der Waals surface area (Å²) in [5.74, 6) is 0.979. The summed E-state index contributed by atoms with van der Waals surface area (Å²) in [6, 6.07) is 0.596. The van der Waals surface area contributed by atoms with Crippen LogP contribution in [0.5, 0.6) is 0 Å². The van der Waals surface area contributed by atoms with E-state index in [4.69, 9.17) is 5.73 Å². The quantitative estimate of drug-likeness (QED) is 0.793. The molecule has 0 spiro atoms. The van der Waals surface area contributed by atoms with Gasteiger partial charge in [0.1, 0.15) is 0 Å². The maximum atomic E-state index is 5.68. The van der Waals surface area contributed by atoms with Gasteiger partial charge in [0.25, 0.3) is 0 Å². The van der Waals surface area contributed by atoms with Gasteiger partial charge in [-0.1, -0.05) is 19.3 Å². The maximum absolute atomic E-state index is 5.68. The Bertz CT molecular complexity index is 312. The molecule has 1 aromatic heterocycles. The molecule has 2 rings (SSSR count). The first-order valence-corrected chi connectivity index (χ1v) is 5.78. The highest BCUT2D eigenvalue weighted by atomic mass is 15.3. The van der Waals surface area contributed by atoms with E-state index in [0.717, 1.165) is 11.4 Å². The van der Waals surface area contributed by atoms with Crippen molar-refractivity contribution in [2.24, 2.45) is 12.8 Å². The van der Waals surface area contributed by atoms with E-state index in [1.54, 1.807) is 0 Å². The van der Waals surface area contributed by atoms with Gasteiger partial charge < -0.3 is 11.1 Å². The van der Waals surface area contributed by atoms with Gasteiger partial charge in [0.15, 0.2) is 5.82 Å². The Hall–Kier alpha value is -1.03.